The zero-order valence-electron chi connectivity index (χ0n) is 15.2. The van der Waals surface area contributed by atoms with Crippen LogP contribution in [0.1, 0.15) is 34.0 Å². The number of nitrogens with zero attached hydrogens (tertiary/aromatic N) is 3. The molecule has 0 spiro atoms. The highest BCUT2D eigenvalue weighted by molar-refractivity contribution is 8.00. The van der Waals surface area contributed by atoms with Gasteiger partial charge in [0.05, 0.1) is 16.3 Å². The fraction of sp³-hybridized carbons (Fsp3) is 0.250. The summed E-state index contributed by atoms with van der Waals surface area (Å²) >= 11 is 1.45. The minimum absolute atomic E-state index is 0.121. The number of benzene rings is 2. The van der Waals surface area contributed by atoms with Gasteiger partial charge in [0.1, 0.15) is 0 Å². The summed E-state index contributed by atoms with van der Waals surface area (Å²) in [5.41, 5.74) is 6.05. The molecule has 0 saturated carbocycles. The molecule has 0 amide bonds. The molecule has 0 aliphatic carbocycles. The third kappa shape index (κ3) is 2.70. The number of H-pyrrole nitrogens is 1. The topological polar surface area (TPSA) is 63.0 Å². The smallest absolute Gasteiger partial charge is 0.231 e. The number of fused-ring (bicyclic) bond motifs is 3. The van der Waals surface area contributed by atoms with E-state index in [1.807, 2.05) is 55.5 Å². The Morgan fingerprint density at radius 2 is 1.85 bits per heavy atom. The second-order valence-electron chi connectivity index (χ2n) is 6.64. The van der Waals surface area contributed by atoms with Gasteiger partial charge in [0.15, 0.2) is 10.9 Å². The summed E-state index contributed by atoms with van der Waals surface area (Å²) in [4.78, 5) is 17.5. The average molecular weight is 364 g/mol. The first-order chi connectivity index (χ1) is 12.5. The highest BCUT2D eigenvalue weighted by Crippen LogP contribution is 2.28. The molecule has 0 saturated heterocycles. The van der Waals surface area contributed by atoms with E-state index in [1.54, 1.807) is 0 Å². The lowest BCUT2D eigenvalue weighted by Crippen LogP contribution is -2.16. The molecule has 1 N–H and O–H groups in total. The van der Waals surface area contributed by atoms with Crippen molar-refractivity contribution in [2.24, 2.45) is 0 Å². The van der Waals surface area contributed by atoms with Gasteiger partial charge in [-0.3, -0.25) is 9.20 Å². The molecule has 0 aliphatic heterocycles. The molecule has 26 heavy (non-hydrogen) atoms. The molecule has 1 atom stereocenters. The van der Waals surface area contributed by atoms with E-state index < -0.39 is 0 Å². The number of Topliss-reactive ketones (excluding diaryl/α,β-unsaturated/α-hetero) is 1. The maximum Gasteiger partial charge on any atom is 0.231 e. The number of hydrogen-bond donors (Lipinski definition) is 1. The summed E-state index contributed by atoms with van der Waals surface area (Å²) in [6, 6.07) is 12.0. The van der Waals surface area contributed by atoms with E-state index in [4.69, 9.17) is 0 Å². The van der Waals surface area contributed by atoms with Gasteiger partial charge in [0.25, 0.3) is 0 Å². The molecule has 4 rings (SSSR count). The third-order valence-corrected chi connectivity index (χ3v) is 5.81. The van der Waals surface area contributed by atoms with Gasteiger partial charge in [-0.1, -0.05) is 30.0 Å². The van der Waals surface area contributed by atoms with E-state index in [-0.39, 0.29) is 11.0 Å². The highest BCUT2D eigenvalue weighted by atomic mass is 32.2. The largest absolute Gasteiger partial charge is 0.293 e. The second-order valence-corrected chi connectivity index (χ2v) is 7.95. The van der Waals surface area contributed by atoms with Crippen molar-refractivity contribution in [3.63, 3.8) is 0 Å². The predicted molar refractivity (Wildman–Crippen MR) is 105 cm³/mol. The number of hydrogen-bond acceptors (Lipinski definition) is 4. The summed E-state index contributed by atoms with van der Waals surface area (Å²) in [5, 5.41) is 7.82. The lowest BCUT2D eigenvalue weighted by atomic mass is 9.97. The zero-order valence-corrected chi connectivity index (χ0v) is 16.0. The van der Waals surface area contributed by atoms with Crippen LogP contribution in [0.5, 0.6) is 0 Å². The van der Waals surface area contributed by atoms with Gasteiger partial charge < -0.3 is 0 Å². The third-order valence-electron chi connectivity index (χ3n) is 4.76. The lowest BCUT2D eigenvalue weighted by molar-refractivity contribution is 0.0993. The van der Waals surface area contributed by atoms with Crippen LogP contribution in [0.25, 0.3) is 16.8 Å². The molecule has 1 unspecified atom stereocenters. The normalized spacial score (nSPS) is 12.8. The zero-order chi connectivity index (χ0) is 18.4. The van der Waals surface area contributed by atoms with Crippen LogP contribution in [0.4, 0.5) is 0 Å². The van der Waals surface area contributed by atoms with Gasteiger partial charge in [0.2, 0.25) is 5.78 Å². The first-order valence-corrected chi connectivity index (χ1v) is 9.44. The fourth-order valence-electron chi connectivity index (χ4n) is 3.18. The molecule has 5 nitrogen and oxygen atoms in total. The number of carbonyl (C=O) groups excluding carboxylic acids is 1. The summed E-state index contributed by atoms with van der Waals surface area (Å²) in [5.74, 6) is 0.812. The first kappa shape index (κ1) is 16.8. The monoisotopic (exact) mass is 364 g/mol. The van der Waals surface area contributed by atoms with E-state index in [1.165, 1.54) is 17.3 Å². The van der Waals surface area contributed by atoms with Crippen LogP contribution in [-0.2, 0) is 0 Å². The van der Waals surface area contributed by atoms with Crippen LogP contribution >= 0.6 is 11.8 Å². The van der Waals surface area contributed by atoms with Crippen LogP contribution in [0, 0.1) is 20.8 Å². The molecule has 2 aromatic carbocycles. The summed E-state index contributed by atoms with van der Waals surface area (Å²) in [7, 11) is 0. The number of aryl methyl sites for hydroxylation is 3. The Morgan fingerprint density at radius 1 is 1.12 bits per heavy atom. The Hall–Kier alpha value is -2.60. The molecule has 2 aromatic heterocycles. The van der Waals surface area contributed by atoms with E-state index in [0.29, 0.717) is 5.78 Å². The van der Waals surface area contributed by atoms with Crippen LogP contribution in [0.3, 0.4) is 0 Å². The van der Waals surface area contributed by atoms with Crippen LogP contribution in [0.2, 0.25) is 0 Å². The van der Waals surface area contributed by atoms with Crippen LogP contribution in [0.15, 0.2) is 41.6 Å². The van der Waals surface area contributed by atoms with Gasteiger partial charge in [-0.2, -0.15) is 0 Å². The molecule has 4 aromatic rings. The van der Waals surface area contributed by atoms with Gasteiger partial charge in [-0.25, -0.2) is 10.1 Å². The number of para-hydroxylation sites is 2. The Labute approximate surface area is 155 Å². The van der Waals surface area contributed by atoms with Crippen LogP contribution in [-0.4, -0.2) is 30.6 Å². The molecular weight excluding hydrogens is 344 g/mol. The lowest BCUT2D eigenvalue weighted by Gasteiger charge is -2.13. The average Bonchev–Trinajstić information content (AvgIpc) is 3.17. The molecule has 0 radical (unpaired) electrons. The predicted octanol–water partition coefficient (Wildman–Crippen LogP) is 4.50. The number of nitrogens with one attached hydrogen (secondary N) is 1. The number of imidazole rings is 1. The van der Waals surface area contributed by atoms with Crippen molar-refractivity contribution in [3.05, 3.63) is 58.7 Å². The Morgan fingerprint density at radius 3 is 2.65 bits per heavy atom. The number of thioether (sulfide) groups is 1. The minimum Gasteiger partial charge on any atom is -0.293 e. The SMILES string of the molecule is Cc1cc(C)c(C(=O)C(C)Sc2n[nH]c3nc4ccccc4n23)cc1C. The Balaban J connectivity index is 1.68. The summed E-state index contributed by atoms with van der Waals surface area (Å²) in [6.45, 7) is 8.03. The van der Waals surface area contributed by atoms with Crippen molar-refractivity contribution >= 4 is 34.4 Å². The van der Waals surface area contributed by atoms with Crippen molar-refractivity contribution in [2.75, 3.05) is 0 Å². The first-order valence-electron chi connectivity index (χ1n) is 8.56. The highest BCUT2D eigenvalue weighted by Gasteiger charge is 2.22. The number of aromatic nitrogens is 4. The standard InChI is InChI=1S/C20H20N4OS/c1-11-9-13(3)15(10-12(11)2)18(25)14(4)26-20-23-22-19-21-16-7-5-6-8-17(16)24(19)20/h5-10,14H,1-4H3,(H,21,22). The van der Waals surface area contributed by atoms with Crippen molar-refractivity contribution in [1.82, 2.24) is 19.6 Å². The molecular formula is C20H20N4OS. The number of carbonyl (C=O) groups is 1. The van der Waals surface area contributed by atoms with E-state index in [9.17, 15) is 4.79 Å². The fourth-order valence-corrected chi connectivity index (χ4v) is 4.12. The number of rotatable bonds is 4. The van der Waals surface area contributed by atoms with Crippen molar-refractivity contribution < 1.29 is 4.79 Å². The van der Waals surface area contributed by atoms with Gasteiger partial charge in [0, 0.05) is 5.56 Å². The van der Waals surface area contributed by atoms with Crippen molar-refractivity contribution in [3.8, 4) is 0 Å². The van der Waals surface area contributed by atoms with E-state index in [0.717, 1.165) is 32.9 Å². The maximum absolute atomic E-state index is 13.0. The van der Waals surface area contributed by atoms with Crippen molar-refractivity contribution in [2.45, 2.75) is 38.1 Å². The second kappa shape index (κ2) is 6.29. The Kier molecular flexibility index (Phi) is 4.07. The van der Waals surface area contributed by atoms with Gasteiger partial charge in [-0.05, 0) is 62.6 Å². The summed E-state index contributed by atoms with van der Waals surface area (Å²) in [6.07, 6.45) is 0. The maximum atomic E-state index is 13.0. The van der Waals surface area contributed by atoms with Crippen molar-refractivity contribution in [1.29, 1.82) is 0 Å². The molecule has 0 bridgehead atoms. The van der Waals surface area contributed by atoms with E-state index >= 15 is 0 Å². The van der Waals surface area contributed by atoms with Gasteiger partial charge in [-0.15, -0.1) is 5.10 Å². The quantitative estimate of drug-likeness (QED) is 0.428. The van der Waals surface area contributed by atoms with Crippen LogP contribution < -0.4 is 0 Å². The molecule has 0 fully saturated rings. The van der Waals surface area contributed by atoms with E-state index in [2.05, 4.69) is 28.2 Å². The minimum atomic E-state index is -0.247. The van der Waals surface area contributed by atoms with Gasteiger partial charge >= 0.3 is 0 Å². The Bertz CT molecular complexity index is 1140. The molecule has 132 valence electrons. The number of ketones is 1. The molecule has 0 aliphatic rings. The number of aromatic amines is 1. The molecule has 2 heterocycles. The summed E-state index contributed by atoms with van der Waals surface area (Å²) < 4.78 is 1.97. The molecule has 6 heteroatoms.